The van der Waals surface area contributed by atoms with Gasteiger partial charge >= 0.3 is 5.97 Å². The maximum atomic E-state index is 11.8. The molecule has 1 aromatic rings. The molecule has 0 aromatic carbocycles. The molecular weight excluding hydrogens is 296 g/mol. The minimum Gasteiger partial charge on any atom is -0.492 e. The first-order valence-electron chi connectivity index (χ1n) is 6.33. The number of ether oxygens (including phenoxy) is 2. The van der Waals surface area contributed by atoms with Crippen molar-refractivity contribution < 1.29 is 14.3 Å². The van der Waals surface area contributed by atoms with E-state index < -0.39 is 5.97 Å². The number of nitrogen functional groups attached to an aromatic ring is 1. The Balaban J connectivity index is 2.38. The van der Waals surface area contributed by atoms with Crippen molar-refractivity contribution in [3.8, 4) is 5.75 Å². The quantitative estimate of drug-likeness (QED) is 0.864. The molecule has 0 aliphatic carbocycles. The highest BCUT2D eigenvalue weighted by Crippen LogP contribution is 2.47. The molecular formula is C13H20N2O3S2. The van der Waals surface area contributed by atoms with Gasteiger partial charge in [0.25, 0.3) is 0 Å². The zero-order valence-corrected chi connectivity index (χ0v) is 13.8. The van der Waals surface area contributed by atoms with E-state index in [9.17, 15) is 4.79 Å². The summed E-state index contributed by atoms with van der Waals surface area (Å²) in [6, 6.07) is 0. The normalized spacial score (nSPS) is 17.9. The fourth-order valence-corrected chi connectivity index (χ4v) is 4.50. The van der Waals surface area contributed by atoms with E-state index in [2.05, 4.69) is 18.7 Å². The van der Waals surface area contributed by atoms with Gasteiger partial charge in [0.1, 0.15) is 15.6 Å². The Morgan fingerprint density at radius 2 is 2.10 bits per heavy atom. The van der Waals surface area contributed by atoms with Gasteiger partial charge in [0, 0.05) is 23.6 Å². The fraction of sp³-hybridized carbons (Fsp3) is 0.615. The Bertz CT molecular complexity index is 514. The molecule has 1 aliphatic rings. The molecule has 0 radical (unpaired) electrons. The van der Waals surface area contributed by atoms with E-state index in [1.165, 1.54) is 18.4 Å². The molecule has 0 atom stereocenters. The average Bonchev–Trinajstić information content (AvgIpc) is 2.73. The van der Waals surface area contributed by atoms with E-state index in [0.29, 0.717) is 16.3 Å². The van der Waals surface area contributed by atoms with Gasteiger partial charge in [-0.1, -0.05) is 0 Å². The van der Waals surface area contributed by atoms with Crippen molar-refractivity contribution in [2.75, 3.05) is 43.7 Å². The van der Waals surface area contributed by atoms with E-state index in [1.807, 2.05) is 11.8 Å². The van der Waals surface area contributed by atoms with Crippen LogP contribution < -0.4 is 15.4 Å². The van der Waals surface area contributed by atoms with E-state index in [4.69, 9.17) is 15.2 Å². The minimum absolute atomic E-state index is 0.174. The molecule has 0 saturated carbocycles. The molecule has 2 N–H and O–H groups in total. The van der Waals surface area contributed by atoms with Crippen molar-refractivity contribution in [2.24, 2.45) is 0 Å². The number of carbonyl (C=O) groups is 1. The highest BCUT2D eigenvalue weighted by molar-refractivity contribution is 8.00. The highest BCUT2D eigenvalue weighted by atomic mass is 32.2. The molecule has 112 valence electrons. The number of rotatable bonds is 3. The van der Waals surface area contributed by atoms with Gasteiger partial charge in [-0.3, -0.25) is 0 Å². The number of nitrogens with zero attached hydrogens (tertiary/aromatic N) is 1. The van der Waals surface area contributed by atoms with E-state index in [0.717, 1.165) is 23.8 Å². The number of esters is 1. The van der Waals surface area contributed by atoms with Crippen LogP contribution in [0.4, 0.5) is 10.7 Å². The molecule has 5 nitrogen and oxygen atoms in total. The molecule has 20 heavy (non-hydrogen) atoms. The number of hydrogen-bond acceptors (Lipinski definition) is 7. The summed E-state index contributed by atoms with van der Waals surface area (Å²) in [5, 5.41) is 0.916. The van der Waals surface area contributed by atoms with E-state index in [1.54, 1.807) is 7.11 Å². The van der Waals surface area contributed by atoms with Crippen LogP contribution in [0.2, 0.25) is 0 Å². The lowest BCUT2D eigenvalue weighted by Gasteiger charge is -2.38. The maximum absolute atomic E-state index is 11.8. The van der Waals surface area contributed by atoms with Crippen molar-refractivity contribution >= 4 is 39.8 Å². The van der Waals surface area contributed by atoms with Crippen molar-refractivity contribution in [3.05, 3.63) is 4.88 Å². The second-order valence-electron chi connectivity index (χ2n) is 5.20. The molecule has 0 spiro atoms. The van der Waals surface area contributed by atoms with E-state index >= 15 is 0 Å². The van der Waals surface area contributed by atoms with Crippen LogP contribution in [0.5, 0.6) is 5.75 Å². The number of thiophene rings is 1. The van der Waals surface area contributed by atoms with E-state index in [-0.39, 0.29) is 4.75 Å². The predicted octanol–water partition coefficient (Wildman–Crippen LogP) is 2.46. The van der Waals surface area contributed by atoms with Crippen LogP contribution in [0.25, 0.3) is 0 Å². The molecule has 2 heterocycles. The number of anilines is 2. The zero-order valence-electron chi connectivity index (χ0n) is 12.2. The number of nitrogens with two attached hydrogens (primary N) is 1. The van der Waals surface area contributed by atoms with Gasteiger partial charge in [-0.15, -0.1) is 11.3 Å². The summed E-state index contributed by atoms with van der Waals surface area (Å²) in [5.41, 5.74) is 6.39. The van der Waals surface area contributed by atoms with Crippen LogP contribution in [0.15, 0.2) is 0 Å². The van der Waals surface area contributed by atoms with Crippen LogP contribution in [0.1, 0.15) is 23.5 Å². The first kappa shape index (κ1) is 15.3. The van der Waals surface area contributed by atoms with Crippen LogP contribution in [-0.2, 0) is 4.74 Å². The van der Waals surface area contributed by atoms with Crippen LogP contribution in [0, 0.1) is 0 Å². The van der Waals surface area contributed by atoms with Gasteiger partial charge in [-0.2, -0.15) is 11.8 Å². The van der Waals surface area contributed by atoms with Gasteiger partial charge < -0.3 is 20.1 Å². The van der Waals surface area contributed by atoms with Crippen LogP contribution in [-0.4, -0.2) is 43.8 Å². The summed E-state index contributed by atoms with van der Waals surface area (Å²) in [6.07, 6.45) is 0. The standard InChI is InChI=1S/C13H20N2O3S2/c1-13(2)7-15(5-6-19-13)11-9(17-3)8(14)10(20-11)12(16)18-4/h5-7,14H2,1-4H3. The second-order valence-corrected chi connectivity index (χ2v) is 8.01. The summed E-state index contributed by atoms with van der Waals surface area (Å²) >= 11 is 3.30. The van der Waals surface area contributed by atoms with Crippen molar-refractivity contribution in [2.45, 2.75) is 18.6 Å². The summed E-state index contributed by atoms with van der Waals surface area (Å²) in [4.78, 5) is 14.4. The number of carbonyl (C=O) groups excluding carboxylic acids is 1. The first-order valence-corrected chi connectivity index (χ1v) is 8.13. The summed E-state index contributed by atoms with van der Waals surface area (Å²) in [5.74, 6) is 1.21. The third-order valence-corrected chi connectivity index (χ3v) is 5.69. The second kappa shape index (κ2) is 5.73. The summed E-state index contributed by atoms with van der Waals surface area (Å²) in [7, 11) is 2.93. The lowest BCUT2D eigenvalue weighted by Crippen LogP contribution is -2.42. The molecule has 0 bridgehead atoms. The first-order chi connectivity index (χ1) is 9.39. The van der Waals surface area contributed by atoms with Gasteiger partial charge in [-0.05, 0) is 13.8 Å². The Morgan fingerprint density at radius 3 is 2.65 bits per heavy atom. The molecule has 1 saturated heterocycles. The highest BCUT2D eigenvalue weighted by Gasteiger charge is 2.32. The Hall–Kier alpha value is -1.08. The van der Waals surface area contributed by atoms with Gasteiger partial charge in [0.2, 0.25) is 0 Å². The Morgan fingerprint density at radius 1 is 1.40 bits per heavy atom. The number of methoxy groups -OCH3 is 2. The molecule has 1 aliphatic heterocycles. The molecule has 0 unspecified atom stereocenters. The molecule has 2 rings (SSSR count). The van der Waals surface area contributed by atoms with Gasteiger partial charge in [-0.25, -0.2) is 4.79 Å². The summed E-state index contributed by atoms with van der Waals surface area (Å²) in [6.45, 7) is 6.25. The molecule has 1 fully saturated rings. The van der Waals surface area contributed by atoms with Crippen molar-refractivity contribution in [3.63, 3.8) is 0 Å². The van der Waals surface area contributed by atoms with Crippen molar-refractivity contribution in [1.82, 2.24) is 0 Å². The third kappa shape index (κ3) is 2.83. The molecule has 1 aromatic heterocycles. The zero-order chi connectivity index (χ0) is 14.9. The topological polar surface area (TPSA) is 64.8 Å². The van der Waals surface area contributed by atoms with Crippen LogP contribution in [0.3, 0.4) is 0 Å². The minimum atomic E-state index is -0.414. The molecule has 0 amide bonds. The average molecular weight is 316 g/mol. The smallest absolute Gasteiger partial charge is 0.350 e. The number of thioether (sulfide) groups is 1. The largest absolute Gasteiger partial charge is 0.492 e. The van der Waals surface area contributed by atoms with Gasteiger partial charge in [0.15, 0.2) is 5.75 Å². The lowest BCUT2D eigenvalue weighted by molar-refractivity contribution is 0.0607. The van der Waals surface area contributed by atoms with Gasteiger partial charge in [0.05, 0.1) is 14.2 Å². The number of hydrogen-bond donors (Lipinski definition) is 1. The lowest BCUT2D eigenvalue weighted by atomic mass is 10.2. The third-order valence-electron chi connectivity index (χ3n) is 3.17. The summed E-state index contributed by atoms with van der Waals surface area (Å²) < 4.78 is 10.3. The predicted molar refractivity (Wildman–Crippen MR) is 85.4 cm³/mol. The Labute approximate surface area is 127 Å². The SMILES string of the molecule is COC(=O)c1sc(N2CCSC(C)(C)C2)c(OC)c1N. The maximum Gasteiger partial charge on any atom is 0.350 e. The monoisotopic (exact) mass is 316 g/mol. The molecule has 7 heteroatoms. The van der Waals surface area contributed by atoms with Crippen molar-refractivity contribution in [1.29, 1.82) is 0 Å². The van der Waals surface area contributed by atoms with Crippen LogP contribution >= 0.6 is 23.1 Å². The Kier molecular flexibility index (Phi) is 4.39. The fourth-order valence-electron chi connectivity index (χ4n) is 2.26.